The van der Waals surface area contributed by atoms with Crippen LogP contribution in [0.2, 0.25) is 0 Å². The Kier molecular flexibility index (Phi) is 4.37. The van der Waals surface area contributed by atoms with Gasteiger partial charge < -0.3 is 10.6 Å². The van der Waals surface area contributed by atoms with Gasteiger partial charge in [-0.05, 0) is 44.5 Å². The summed E-state index contributed by atoms with van der Waals surface area (Å²) in [6.07, 6.45) is 4.32. The largest absolute Gasteiger partial charge is 0.397 e. The van der Waals surface area contributed by atoms with Gasteiger partial charge in [0.2, 0.25) is 5.91 Å². The minimum Gasteiger partial charge on any atom is -0.397 e. The highest BCUT2D eigenvalue weighted by molar-refractivity contribution is 5.91. The van der Waals surface area contributed by atoms with Crippen molar-refractivity contribution in [3.05, 3.63) is 18.3 Å². The fourth-order valence-corrected chi connectivity index (χ4v) is 2.48. The average molecular weight is 262 g/mol. The third-order valence-corrected chi connectivity index (χ3v) is 3.74. The molecule has 0 radical (unpaired) electrons. The molecule has 5 nitrogen and oxygen atoms in total. The number of amides is 1. The van der Waals surface area contributed by atoms with E-state index in [-0.39, 0.29) is 5.91 Å². The van der Waals surface area contributed by atoms with Gasteiger partial charge in [-0.2, -0.15) is 0 Å². The van der Waals surface area contributed by atoms with Gasteiger partial charge in [0.1, 0.15) is 5.82 Å². The highest BCUT2D eigenvalue weighted by Gasteiger charge is 2.21. The quantitative estimate of drug-likeness (QED) is 0.890. The zero-order valence-corrected chi connectivity index (χ0v) is 11.7. The third kappa shape index (κ3) is 3.67. The Morgan fingerprint density at radius 2 is 2.37 bits per heavy atom. The molecule has 0 spiro atoms. The van der Waals surface area contributed by atoms with Gasteiger partial charge in [-0.25, -0.2) is 4.98 Å². The zero-order valence-electron chi connectivity index (χ0n) is 11.7. The molecular formula is C14H22N4O. The molecule has 1 aliphatic rings. The summed E-state index contributed by atoms with van der Waals surface area (Å²) >= 11 is 0. The second-order valence-corrected chi connectivity index (χ2v) is 5.36. The first kappa shape index (κ1) is 13.8. The van der Waals surface area contributed by atoms with Crippen LogP contribution in [0, 0.1) is 5.92 Å². The molecule has 2 rings (SSSR count). The standard InChI is InChI=1S/C14H22N4O/c1-17-8-7-11(10-17)3-6-14(19)18(2)13-5-4-12(15)9-16-13/h4-5,9,11H,3,6-8,10,15H2,1-2H3. The summed E-state index contributed by atoms with van der Waals surface area (Å²) in [5.41, 5.74) is 6.20. The number of pyridine rings is 1. The van der Waals surface area contributed by atoms with Gasteiger partial charge in [0.05, 0.1) is 11.9 Å². The fourth-order valence-electron chi connectivity index (χ4n) is 2.48. The number of carbonyl (C=O) groups is 1. The second-order valence-electron chi connectivity index (χ2n) is 5.36. The highest BCUT2D eigenvalue weighted by Crippen LogP contribution is 2.20. The fraction of sp³-hybridized carbons (Fsp3) is 0.571. The van der Waals surface area contributed by atoms with Crippen LogP contribution in [0.5, 0.6) is 0 Å². The van der Waals surface area contributed by atoms with Gasteiger partial charge in [-0.1, -0.05) is 0 Å². The van der Waals surface area contributed by atoms with Gasteiger partial charge in [0, 0.05) is 20.0 Å². The van der Waals surface area contributed by atoms with E-state index in [1.807, 2.05) is 0 Å². The number of carbonyl (C=O) groups excluding carboxylic acids is 1. The van der Waals surface area contributed by atoms with Crippen molar-refractivity contribution in [3.8, 4) is 0 Å². The first-order valence-electron chi connectivity index (χ1n) is 6.73. The second kappa shape index (κ2) is 6.02. The summed E-state index contributed by atoms with van der Waals surface area (Å²) in [5, 5.41) is 0. The molecule has 1 aromatic rings. The summed E-state index contributed by atoms with van der Waals surface area (Å²) in [6.45, 7) is 2.26. The number of nitrogens with two attached hydrogens (primary N) is 1. The van der Waals surface area contributed by atoms with Gasteiger partial charge in [0.25, 0.3) is 0 Å². The summed E-state index contributed by atoms with van der Waals surface area (Å²) in [5.74, 6) is 1.43. The minimum absolute atomic E-state index is 0.117. The van der Waals surface area contributed by atoms with E-state index in [4.69, 9.17) is 5.73 Å². The molecule has 1 atom stereocenters. The van der Waals surface area contributed by atoms with Crippen LogP contribution in [-0.2, 0) is 4.79 Å². The number of hydrogen-bond donors (Lipinski definition) is 1. The van der Waals surface area contributed by atoms with Crippen LogP contribution < -0.4 is 10.6 Å². The lowest BCUT2D eigenvalue weighted by atomic mass is 10.0. The van der Waals surface area contributed by atoms with Crippen LogP contribution in [0.1, 0.15) is 19.3 Å². The molecule has 2 heterocycles. The number of likely N-dealkylation sites (tertiary alicyclic amines) is 1. The van der Waals surface area contributed by atoms with Gasteiger partial charge in [0.15, 0.2) is 0 Å². The van der Waals surface area contributed by atoms with Gasteiger partial charge in [-0.15, -0.1) is 0 Å². The molecule has 104 valence electrons. The van der Waals surface area contributed by atoms with Crippen LogP contribution in [0.15, 0.2) is 18.3 Å². The lowest BCUT2D eigenvalue weighted by molar-refractivity contribution is -0.118. The molecule has 0 bridgehead atoms. The molecule has 1 fully saturated rings. The van der Waals surface area contributed by atoms with Crippen LogP contribution in [0.25, 0.3) is 0 Å². The van der Waals surface area contributed by atoms with Crippen LogP contribution in [-0.4, -0.2) is 43.0 Å². The molecule has 2 N–H and O–H groups in total. The van der Waals surface area contributed by atoms with E-state index >= 15 is 0 Å². The Balaban J connectivity index is 1.84. The van der Waals surface area contributed by atoms with Crippen LogP contribution in [0.3, 0.4) is 0 Å². The number of rotatable bonds is 4. The molecule has 0 aliphatic carbocycles. The van der Waals surface area contributed by atoms with E-state index in [9.17, 15) is 4.79 Å². The molecule has 1 aromatic heterocycles. The predicted molar refractivity (Wildman–Crippen MR) is 76.9 cm³/mol. The molecule has 1 unspecified atom stereocenters. The molecule has 0 aromatic carbocycles. The minimum atomic E-state index is 0.117. The van der Waals surface area contributed by atoms with E-state index in [0.717, 1.165) is 19.5 Å². The monoisotopic (exact) mass is 262 g/mol. The summed E-state index contributed by atoms with van der Waals surface area (Å²) < 4.78 is 0. The number of aromatic nitrogens is 1. The summed E-state index contributed by atoms with van der Waals surface area (Å²) in [6, 6.07) is 3.54. The van der Waals surface area contributed by atoms with Gasteiger partial charge >= 0.3 is 0 Å². The lowest BCUT2D eigenvalue weighted by Crippen LogP contribution is -2.27. The first-order valence-corrected chi connectivity index (χ1v) is 6.73. The Labute approximate surface area is 114 Å². The van der Waals surface area contributed by atoms with Gasteiger partial charge in [-0.3, -0.25) is 9.69 Å². The number of anilines is 2. The summed E-state index contributed by atoms with van der Waals surface area (Å²) in [4.78, 5) is 20.2. The molecular weight excluding hydrogens is 240 g/mol. The Morgan fingerprint density at radius 1 is 1.58 bits per heavy atom. The average Bonchev–Trinajstić information content (AvgIpc) is 2.82. The molecule has 5 heteroatoms. The number of nitrogen functional groups attached to an aromatic ring is 1. The number of hydrogen-bond acceptors (Lipinski definition) is 4. The Bertz CT molecular complexity index is 432. The van der Waals surface area contributed by atoms with E-state index in [0.29, 0.717) is 23.8 Å². The number of nitrogens with zero attached hydrogens (tertiary/aromatic N) is 3. The van der Waals surface area contributed by atoms with Crippen molar-refractivity contribution in [1.82, 2.24) is 9.88 Å². The van der Waals surface area contributed by atoms with Crippen molar-refractivity contribution in [2.24, 2.45) is 5.92 Å². The smallest absolute Gasteiger partial charge is 0.227 e. The molecule has 1 saturated heterocycles. The maximum atomic E-state index is 12.1. The molecule has 19 heavy (non-hydrogen) atoms. The van der Waals surface area contributed by atoms with Crippen molar-refractivity contribution < 1.29 is 4.79 Å². The molecule has 1 amide bonds. The lowest BCUT2D eigenvalue weighted by Gasteiger charge is -2.17. The normalized spacial score (nSPS) is 19.6. The molecule has 1 aliphatic heterocycles. The predicted octanol–water partition coefficient (Wildman–Crippen LogP) is 1.36. The van der Waals surface area contributed by atoms with E-state index in [2.05, 4.69) is 16.9 Å². The maximum Gasteiger partial charge on any atom is 0.227 e. The SMILES string of the molecule is CN1CCC(CCC(=O)N(C)c2ccc(N)cn2)C1. The van der Waals surface area contributed by atoms with Crippen molar-refractivity contribution in [1.29, 1.82) is 0 Å². The highest BCUT2D eigenvalue weighted by atomic mass is 16.2. The van der Waals surface area contributed by atoms with Crippen molar-refractivity contribution in [2.75, 3.05) is 37.8 Å². The first-order chi connectivity index (χ1) is 9.06. The van der Waals surface area contributed by atoms with E-state index in [1.165, 1.54) is 6.42 Å². The van der Waals surface area contributed by atoms with Crippen LogP contribution in [0.4, 0.5) is 11.5 Å². The Morgan fingerprint density at radius 3 is 2.95 bits per heavy atom. The van der Waals surface area contributed by atoms with E-state index < -0.39 is 0 Å². The summed E-state index contributed by atoms with van der Waals surface area (Å²) in [7, 11) is 3.90. The van der Waals surface area contributed by atoms with Crippen LogP contribution >= 0.6 is 0 Å². The van der Waals surface area contributed by atoms with Crippen molar-refractivity contribution >= 4 is 17.4 Å². The van der Waals surface area contributed by atoms with Crippen molar-refractivity contribution in [3.63, 3.8) is 0 Å². The van der Waals surface area contributed by atoms with E-state index in [1.54, 1.807) is 30.3 Å². The maximum absolute atomic E-state index is 12.1. The molecule has 0 saturated carbocycles. The third-order valence-electron chi connectivity index (χ3n) is 3.74. The Hall–Kier alpha value is -1.62. The zero-order chi connectivity index (χ0) is 13.8. The topological polar surface area (TPSA) is 62.5 Å². The van der Waals surface area contributed by atoms with Crippen molar-refractivity contribution in [2.45, 2.75) is 19.3 Å².